The molecule has 0 radical (unpaired) electrons. The number of benzene rings is 2. The van der Waals surface area contributed by atoms with Gasteiger partial charge in [0.2, 0.25) is 0 Å². The quantitative estimate of drug-likeness (QED) is 0.351. The smallest absolute Gasteiger partial charge is 0.298 e. The number of hydrogen-bond donors (Lipinski definition) is 0. The van der Waals surface area contributed by atoms with Crippen LogP contribution in [0.4, 0.5) is 13.2 Å². The molecule has 1 aliphatic rings. The Hall–Kier alpha value is -2.32. The van der Waals surface area contributed by atoms with Crippen LogP contribution in [-0.2, 0) is 12.8 Å². The maximum atomic E-state index is 13.1. The Labute approximate surface area is 203 Å². The van der Waals surface area contributed by atoms with Gasteiger partial charge in [-0.25, -0.2) is 0 Å². The highest BCUT2D eigenvalue weighted by atomic mass is 19.4. The second kappa shape index (κ2) is 13.5. The van der Waals surface area contributed by atoms with E-state index in [0.717, 1.165) is 37.8 Å². The van der Waals surface area contributed by atoms with Crippen molar-refractivity contribution in [3.05, 3.63) is 71.3 Å². The average molecular weight is 473 g/mol. The Kier molecular flexibility index (Phi) is 11.1. The Balaban J connectivity index is 0.00000129. The van der Waals surface area contributed by atoms with Crippen LogP contribution < -0.4 is 0 Å². The highest BCUT2D eigenvalue weighted by Gasteiger charge is 2.50. The van der Waals surface area contributed by atoms with Crippen molar-refractivity contribution in [3.63, 3.8) is 0 Å². The first-order valence-electron chi connectivity index (χ1n) is 12.5. The van der Waals surface area contributed by atoms with Gasteiger partial charge in [-0.2, -0.15) is 18.4 Å². The summed E-state index contributed by atoms with van der Waals surface area (Å²) >= 11 is 0. The van der Waals surface area contributed by atoms with E-state index in [0.29, 0.717) is 18.5 Å². The molecule has 34 heavy (non-hydrogen) atoms. The third kappa shape index (κ3) is 8.17. The third-order valence-electron chi connectivity index (χ3n) is 6.97. The molecule has 0 amide bonds. The molecule has 3 rings (SSSR count). The maximum absolute atomic E-state index is 13.1. The first-order valence-corrected chi connectivity index (χ1v) is 12.5. The van der Waals surface area contributed by atoms with Gasteiger partial charge in [0.25, 0.3) is 0 Å². The van der Waals surface area contributed by atoms with E-state index in [1.165, 1.54) is 18.1 Å². The molecule has 1 fully saturated rings. The van der Waals surface area contributed by atoms with Gasteiger partial charge in [-0.05, 0) is 75.0 Å². The lowest BCUT2D eigenvalue weighted by Gasteiger charge is -2.38. The summed E-state index contributed by atoms with van der Waals surface area (Å²) in [4.78, 5) is 2.60. The minimum Gasteiger partial charge on any atom is -0.298 e. The highest BCUT2D eigenvalue weighted by Crippen LogP contribution is 2.50. The molecule has 0 N–H and O–H groups in total. The predicted octanol–water partition coefficient (Wildman–Crippen LogP) is 7.94. The largest absolute Gasteiger partial charge is 0.392 e. The van der Waals surface area contributed by atoms with Gasteiger partial charge in [0.15, 0.2) is 0 Å². The van der Waals surface area contributed by atoms with E-state index in [9.17, 15) is 13.2 Å². The van der Waals surface area contributed by atoms with E-state index in [2.05, 4.69) is 56.0 Å². The molecule has 5 heteroatoms. The number of alkyl halides is 3. The molecule has 0 saturated heterocycles. The second-order valence-electron chi connectivity index (χ2n) is 9.47. The first-order chi connectivity index (χ1) is 16.2. The van der Waals surface area contributed by atoms with Crippen LogP contribution in [0.15, 0.2) is 54.6 Å². The molecule has 1 saturated carbocycles. The summed E-state index contributed by atoms with van der Waals surface area (Å²) in [6, 6.07) is 21.3. The van der Waals surface area contributed by atoms with Crippen LogP contribution in [0.5, 0.6) is 0 Å². The maximum Gasteiger partial charge on any atom is 0.392 e. The fourth-order valence-electron chi connectivity index (χ4n) is 4.93. The number of nitriles is 1. The number of aryl methyl sites for hydroxylation is 1. The molecule has 1 aliphatic carbocycles. The van der Waals surface area contributed by atoms with Crippen molar-refractivity contribution in [2.24, 2.45) is 5.92 Å². The minimum atomic E-state index is -4.07. The van der Waals surface area contributed by atoms with Crippen LogP contribution in [0.25, 0.3) is 0 Å². The molecule has 0 bridgehead atoms. The Morgan fingerprint density at radius 3 is 2.03 bits per heavy atom. The molecule has 2 nitrogen and oxygen atoms in total. The highest BCUT2D eigenvalue weighted by molar-refractivity contribution is 5.28. The molecule has 0 spiro atoms. The van der Waals surface area contributed by atoms with Crippen molar-refractivity contribution in [2.45, 2.75) is 90.4 Å². The number of nitrogens with zero attached hydrogens (tertiary/aromatic N) is 2. The lowest BCUT2D eigenvalue weighted by molar-refractivity contribution is -0.200. The normalized spacial score (nSPS) is 18.6. The zero-order valence-corrected chi connectivity index (χ0v) is 21.0. The van der Waals surface area contributed by atoms with Crippen molar-refractivity contribution in [3.8, 4) is 6.07 Å². The predicted molar refractivity (Wildman–Crippen MR) is 134 cm³/mol. The van der Waals surface area contributed by atoms with Crippen LogP contribution in [0.1, 0.15) is 76.0 Å². The molecule has 2 aromatic rings. The van der Waals surface area contributed by atoms with E-state index in [1.807, 2.05) is 24.3 Å². The Morgan fingerprint density at radius 1 is 0.971 bits per heavy atom. The molecule has 0 aromatic heterocycles. The third-order valence-corrected chi connectivity index (χ3v) is 6.97. The Morgan fingerprint density at radius 2 is 1.56 bits per heavy atom. The lowest BCUT2D eigenvalue weighted by atomic mass is 9.69. The van der Waals surface area contributed by atoms with Crippen LogP contribution >= 0.6 is 0 Å². The van der Waals surface area contributed by atoms with Gasteiger partial charge in [0, 0.05) is 25.6 Å². The standard InChI is InChI=1S/C27H36F3N.C2H3N/c1-4-24(31(20(2)3)19-18-21-8-6-5-7-9-21)15-12-22-10-13-23(14-11-22)25-16-17-26(25)27(28,29)30;1-2-3/h5-11,13-14,20,24-26H,4,12,15-19H2,1-3H3;1H3. The molecule has 2 aromatic carbocycles. The molecular formula is C29H39F3N2. The molecule has 0 aliphatic heterocycles. The SMILES string of the molecule is CC#N.CCC(CCc1ccc(C2CCC2C(F)(F)F)cc1)N(CCc1ccccc1)C(C)C. The number of halogens is 3. The van der Waals surface area contributed by atoms with Crippen molar-refractivity contribution >= 4 is 0 Å². The molecule has 186 valence electrons. The number of hydrogen-bond acceptors (Lipinski definition) is 2. The summed E-state index contributed by atoms with van der Waals surface area (Å²) in [7, 11) is 0. The van der Waals surface area contributed by atoms with Crippen LogP contribution in [-0.4, -0.2) is 29.7 Å². The monoisotopic (exact) mass is 472 g/mol. The van der Waals surface area contributed by atoms with Gasteiger partial charge in [0.05, 0.1) is 12.0 Å². The Bertz CT molecular complexity index is 869. The molecule has 3 atom stereocenters. The first kappa shape index (κ1) is 27.9. The number of rotatable bonds is 10. The summed E-state index contributed by atoms with van der Waals surface area (Å²) in [6.45, 7) is 9.25. The molecule has 0 heterocycles. The van der Waals surface area contributed by atoms with E-state index in [1.54, 1.807) is 6.07 Å². The summed E-state index contributed by atoms with van der Waals surface area (Å²) in [6.07, 6.45) is 1.01. The van der Waals surface area contributed by atoms with Crippen molar-refractivity contribution in [1.29, 1.82) is 5.26 Å². The van der Waals surface area contributed by atoms with Crippen LogP contribution in [0.3, 0.4) is 0 Å². The van der Waals surface area contributed by atoms with Gasteiger partial charge in [-0.1, -0.05) is 61.5 Å². The second-order valence-corrected chi connectivity index (χ2v) is 9.47. The van der Waals surface area contributed by atoms with Crippen molar-refractivity contribution in [1.82, 2.24) is 4.90 Å². The van der Waals surface area contributed by atoms with E-state index in [-0.39, 0.29) is 12.3 Å². The van der Waals surface area contributed by atoms with E-state index in [4.69, 9.17) is 5.26 Å². The van der Waals surface area contributed by atoms with Gasteiger partial charge >= 0.3 is 6.18 Å². The van der Waals surface area contributed by atoms with Crippen LogP contribution in [0, 0.1) is 17.2 Å². The summed E-state index contributed by atoms with van der Waals surface area (Å²) in [5.41, 5.74) is 3.43. The van der Waals surface area contributed by atoms with Gasteiger partial charge < -0.3 is 0 Å². The van der Waals surface area contributed by atoms with Gasteiger partial charge in [-0.3, -0.25) is 4.90 Å². The van der Waals surface area contributed by atoms with E-state index >= 15 is 0 Å². The molecular weight excluding hydrogens is 433 g/mol. The minimum absolute atomic E-state index is 0.266. The lowest BCUT2D eigenvalue weighted by Crippen LogP contribution is -2.41. The topological polar surface area (TPSA) is 27.0 Å². The summed E-state index contributed by atoms with van der Waals surface area (Å²) < 4.78 is 39.2. The van der Waals surface area contributed by atoms with Gasteiger partial charge in [0.1, 0.15) is 0 Å². The van der Waals surface area contributed by atoms with Gasteiger partial charge in [-0.15, -0.1) is 0 Å². The zero-order valence-electron chi connectivity index (χ0n) is 21.0. The fourth-order valence-corrected chi connectivity index (χ4v) is 4.93. The molecule has 3 unspecified atom stereocenters. The van der Waals surface area contributed by atoms with Crippen molar-refractivity contribution in [2.75, 3.05) is 6.54 Å². The summed E-state index contributed by atoms with van der Waals surface area (Å²) in [5.74, 6) is -1.51. The summed E-state index contributed by atoms with van der Waals surface area (Å²) in [5, 5.41) is 7.32. The average Bonchev–Trinajstić information content (AvgIpc) is 2.76. The van der Waals surface area contributed by atoms with Crippen molar-refractivity contribution < 1.29 is 13.2 Å². The zero-order chi connectivity index (χ0) is 25.1. The van der Waals surface area contributed by atoms with Crippen LogP contribution in [0.2, 0.25) is 0 Å². The fraction of sp³-hybridized carbons (Fsp3) is 0.552. The van der Waals surface area contributed by atoms with E-state index < -0.39 is 12.1 Å².